The number of hydrogen-bond donors (Lipinski definition) is 0. The van der Waals surface area contributed by atoms with Crippen molar-refractivity contribution in [3.05, 3.63) is 246 Å². The van der Waals surface area contributed by atoms with Crippen LogP contribution in [-0.4, -0.2) is 53.5 Å². The van der Waals surface area contributed by atoms with E-state index in [9.17, 15) is 0 Å². The summed E-state index contributed by atoms with van der Waals surface area (Å²) in [7, 11) is 3.85. The van der Waals surface area contributed by atoms with E-state index in [0.717, 1.165) is 17.0 Å². The van der Waals surface area contributed by atoms with Crippen molar-refractivity contribution in [1.29, 1.82) is 5.26 Å². The van der Waals surface area contributed by atoms with Crippen molar-refractivity contribution in [2.24, 2.45) is 0 Å². The normalized spacial score (nSPS) is 20.2. The van der Waals surface area contributed by atoms with E-state index in [1.165, 1.54) is 62.2 Å². The van der Waals surface area contributed by atoms with Gasteiger partial charge in [-0.2, -0.15) is 5.26 Å². The topological polar surface area (TPSA) is 58.9 Å². The summed E-state index contributed by atoms with van der Waals surface area (Å²) < 4.78 is 5.27. The van der Waals surface area contributed by atoms with Crippen LogP contribution in [0.5, 0.6) is 5.75 Å². The summed E-state index contributed by atoms with van der Waals surface area (Å²) in [4.78, 5) is 18.4. The van der Waals surface area contributed by atoms with Gasteiger partial charge in [0.25, 0.3) is 0 Å². The minimum atomic E-state index is 0.253. The Kier molecular flexibility index (Phi) is 14.5. The van der Waals surface area contributed by atoms with Gasteiger partial charge in [0.1, 0.15) is 30.4 Å². The molecule has 370 valence electrons. The van der Waals surface area contributed by atoms with Gasteiger partial charge in [0.2, 0.25) is 0 Å². The zero-order valence-electron chi connectivity index (χ0n) is 43.8. The highest BCUT2D eigenvalue weighted by Gasteiger charge is 2.33. The molecule has 0 aliphatic carbocycles. The lowest BCUT2D eigenvalue weighted by molar-refractivity contribution is 0.402. The fourth-order valence-electron chi connectivity index (χ4n) is 10.3. The number of allylic oxidation sites excluding steroid dienone is 9. The third-order valence-corrected chi connectivity index (χ3v) is 14.5. The summed E-state index contributed by atoms with van der Waals surface area (Å²) in [6.45, 7) is 17.3. The number of nitrogens with zero attached hydrogens (tertiary/aromatic N) is 9. The number of rotatable bonds is 5. The first-order chi connectivity index (χ1) is 35.4. The number of methoxy groups -OCH3 is 1. The standard InChI is InChI=1S/C16H15N3.C16H18N2O.C16H18N2.C15H16N2/c1-12-9-14(10-17)6-7-16(12)19-11-15-5-3-4-8-18(15)13(19)2;1-12-10-15(19-3)7-8-16(12)18-11-14-6-4-5-9-17(14)13(18)2;1-12-8-4-5-9-14(12)18-13(2)17(3)15-10-6-7-11-16(15)18;1-12-7-3-4-9-15(12)17-11-14-8-5-6-10-16(14)13(17)2/h3-9,11,13H,1-2H3;4-11,13H,1-3H3;4-11,13H,1-3H3;3-11,13H,1-2H3/t4*13-/m1111/s1. The first kappa shape index (κ1) is 49.4. The fourth-order valence-corrected chi connectivity index (χ4v) is 10.3. The first-order valence-electron chi connectivity index (χ1n) is 25.2. The monoisotopic (exact) mass is 966 g/mol. The van der Waals surface area contributed by atoms with Crippen LogP contribution in [0.1, 0.15) is 55.5 Å². The number of anilines is 6. The van der Waals surface area contributed by atoms with Crippen LogP contribution in [0.3, 0.4) is 0 Å². The lowest BCUT2D eigenvalue weighted by Crippen LogP contribution is -2.35. The zero-order valence-corrected chi connectivity index (χ0v) is 43.8. The summed E-state index contributed by atoms with van der Waals surface area (Å²) >= 11 is 0. The van der Waals surface area contributed by atoms with Gasteiger partial charge >= 0.3 is 0 Å². The van der Waals surface area contributed by atoms with Crippen LogP contribution in [0.4, 0.5) is 34.1 Å². The van der Waals surface area contributed by atoms with E-state index in [-0.39, 0.29) is 6.17 Å². The van der Waals surface area contributed by atoms with Crippen molar-refractivity contribution in [1.82, 2.24) is 14.7 Å². The smallest absolute Gasteiger partial charge is 0.119 e. The summed E-state index contributed by atoms with van der Waals surface area (Å²) in [6.07, 6.45) is 32.9. The molecule has 0 aromatic heterocycles. The molecule has 0 N–H and O–H groups in total. The number of fused-ring (bicyclic) bond motifs is 4. The molecule has 10 nitrogen and oxygen atoms in total. The second-order valence-electron chi connectivity index (χ2n) is 19.0. The number of aryl methyl sites for hydroxylation is 4. The Morgan fingerprint density at radius 2 is 0.836 bits per heavy atom. The average Bonchev–Trinajstić information content (AvgIpc) is 4.12. The molecule has 12 rings (SSSR count). The molecule has 4 atom stereocenters. The van der Waals surface area contributed by atoms with E-state index in [1.807, 2.05) is 43.3 Å². The molecule has 5 aromatic rings. The molecule has 10 heteroatoms. The SMILES string of the molecule is COc1ccc(N2C=C3C=CC=CN3[C@H]2C)c(C)c1.Cc1cc(C#N)ccc1N1C=C2C=CC=CN2[C@H]1C.Cc1ccccc1N1C=C2C=CC=CN2[C@H]1C.Cc1ccccc1N1c2ccccc2N(C)[C@H]1C. The molecule has 0 bridgehead atoms. The Morgan fingerprint density at radius 1 is 0.425 bits per heavy atom. The van der Waals surface area contributed by atoms with Crippen molar-refractivity contribution < 1.29 is 4.74 Å². The lowest BCUT2D eigenvalue weighted by Gasteiger charge is -2.30. The van der Waals surface area contributed by atoms with Crippen molar-refractivity contribution >= 4 is 34.1 Å². The number of hydrogen-bond acceptors (Lipinski definition) is 10. The number of para-hydroxylation sites is 4. The van der Waals surface area contributed by atoms with Crippen LogP contribution in [0.25, 0.3) is 0 Å². The summed E-state index contributed by atoms with van der Waals surface area (Å²) in [6, 6.07) is 39.9. The van der Waals surface area contributed by atoms with Gasteiger partial charge in [-0.3, -0.25) is 0 Å². The molecule has 0 radical (unpaired) electrons. The van der Waals surface area contributed by atoms with Crippen LogP contribution in [-0.2, 0) is 0 Å². The molecular weight excluding hydrogens is 899 g/mol. The number of benzene rings is 5. The quantitative estimate of drug-likeness (QED) is 0.170. The molecule has 7 aliphatic heterocycles. The van der Waals surface area contributed by atoms with Gasteiger partial charge in [-0.05, 0) is 175 Å². The summed E-state index contributed by atoms with van der Waals surface area (Å²) in [5.41, 5.74) is 16.9. The highest BCUT2D eigenvalue weighted by Crippen LogP contribution is 2.44. The second-order valence-corrected chi connectivity index (χ2v) is 19.0. The molecule has 0 unspecified atom stereocenters. The van der Waals surface area contributed by atoms with Gasteiger partial charge < -0.3 is 43.9 Å². The summed E-state index contributed by atoms with van der Waals surface area (Å²) in [5.74, 6) is 0.901. The van der Waals surface area contributed by atoms with Gasteiger partial charge in [0.05, 0.1) is 47.2 Å². The van der Waals surface area contributed by atoms with Gasteiger partial charge in [0, 0.05) is 67.0 Å². The van der Waals surface area contributed by atoms with E-state index in [1.54, 1.807) is 7.11 Å². The van der Waals surface area contributed by atoms with Gasteiger partial charge in [-0.15, -0.1) is 0 Å². The Labute approximate surface area is 433 Å². The van der Waals surface area contributed by atoms with Crippen LogP contribution < -0.4 is 29.2 Å². The minimum Gasteiger partial charge on any atom is -0.497 e. The van der Waals surface area contributed by atoms with Crippen molar-refractivity contribution in [2.75, 3.05) is 38.7 Å². The molecule has 0 spiro atoms. The molecule has 0 amide bonds. The Bertz CT molecular complexity index is 3180. The van der Waals surface area contributed by atoms with Crippen LogP contribution in [0, 0.1) is 39.0 Å². The van der Waals surface area contributed by atoms with Crippen molar-refractivity contribution in [2.45, 2.75) is 80.1 Å². The number of ether oxygens (including phenoxy) is 1. The molecule has 0 saturated carbocycles. The third-order valence-electron chi connectivity index (χ3n) is 14.5. The average molecular weight is 966 g/mol. The molecule has 7 heterocycles. The maximum atomic E-state index is 8.94. The van der Waals surface area contributed by atoms with E-state index in [0.29, 0.717) is 24.1 Å². The van der Waals surface area contributed by atoms with Crippen LogP contribution in [0.2, 0.25) is 0 Å². The van der Waals surface area contributed by atoms with E-state index >= 15 is 0 Å². The van der Waals surface area contributed by atoms with Crippen LogP contribution >= 0.6 is 0 Å². The third kappa shape index (κ3) is 9.92. The van der Waals surface area contributed by atoms with Crippen molar-refractivity contribution in [3.63, 3.8) is 0 Å². The Hall–Kier alpha value is -8.55. The maximum Gasteiger partial charge on any atom is 0.119 e. The summed E-state index contributed by atoms with van der Waals surface area (Å²) in [5, 5.41) is 8.94. The minimum absolute atomic E-state index is 0.253. The second kappa shape index (κ2) is 21.4. The molecule has 7 aliphatic rings. The van der Waals surface area contributed by atoms with Crippen molar-refractivity contribution in [3.8, 4) is 11.8 Å². The Balaban J connectivity index is 0.000000120. The van der Waals surface area contributed by atoms with E-state index < -0.39 is 0 Å². The zero-order chi connectivity index (χ0) is 51.3. The fraction of sp³-hybridized carbons (Fsp3) is 0.222. The van der Waals surface area contributed by atoms with Gasteiger partial charge in [-0.25, -0.2) is 0 Å². The molecule has 73 heavy (non-hydrogen) atoms. The highest BCUT2D eigenvalue weighted by atomic mass is 16.5. The number of nitriles is 1. The predicted octanol–water partition coefficient (Wildman–Crippen LogP) is 14.0. The van der Waals surface area contributed by atoms with Crippen LogP contribution in [0.15, 0.2) is 218 Å². The molecule has 5 aromatic carbocycles. The highest BCUT2D eigenvalue weighted by molar-refractivity contribution is 5.84. The molecule has 0 saturated heterocycles. The van der Waals surface area contributed by atoms with Gasteiger partial charge in [0.15, 0.2) is 0 Å². The molecule has 0 fully saturated rings. The Morgan fingerprint density at radius 3 is 1.26 bits per heavy atom. The van der Waals surface area contributed by atoms with E-state index in [4.69, 9.17) is 10.00 Å². The lowest BCUT2D eigenvalue weighted by atomic mass is 10.1. The predicted molar refractivity (Wildman–Crippen MR) is 303 cm³/mol. The largest absolute Gasteiger partial charge is 0.497 e. The maximum absolute atomic E-state index is 8.94. The first-order valence-corrected chi connectivity index (χ1v) is 25.2. The van der Waals surface area contributed by atoms with E-state index in [2.05, 4.69) is 265 Å². The van der Waals surface area contributed by atoms with Gasteiger partial charge in [-0.1, -0.05) is 66.8 Å². The molecular formula is C63H67N9O.